The van der Waals surface area contributed by atoms with Crippen LogP contribution in [-0.4, -0.2) is 74.9 Å². The van der Waals surface area contributed by atoms with Gasteiger partial charge in [-0.05, 0) is 68.2 Å². The fourth-order valence-electron chi connectivity index (χ4n) is 4.59. The molecule has 12 heteroatoms. The summed E-state index contributed by atoms with van der Waals surface area (Å²) in [6.45, 7) is 10.2. The molecule has 2 heterocycles. The average molecular weight is 616 g/mol. The van der Waals surface area contributed by atoms with Gasteiger partial charge in [0.15, 0.2) is 5.13 Å². The van der Waals surface area contributed by atoms with Gasteiger partial charge in [0.2, 0.25) is 10.0 Å². The van der Waals surface area contributed by atoms with Crippen molar-refractivity contribution in [3.05, 3.63) is 47.0 Å². The molecule has 1 aliphatic rings. The third kappa shape index (κ3) is 6.86. The predicted molar refractivity (Wildman–Crippen MR) is 161 cm³/mol. The molecule has 39 heavy (non-hydrogen) atoms. The first-order valence-electron chi connectivity index (χ1n) is 13.0. The number of fused-ring (bicyclic) bond motifs is 1. The monoisotopic (exact) mass is 614 g/mol. The van der Waals surface area contributed by atoms with E-state index in [4.69, 9.17) is 21.3 Å². The molecule has 8 nitrogen and oxygen atoms in total. The molecule has 1 fully saturated rings. The molecule has 214 valence electrons. The summed E-state index contributed by atoms with van der Waals surface area (Å²) in [7, 11) is -2.02. The lowest BCUT2D eigenvalue weighted by molar-refractivity contribution is 0.0983. The van der Waals surface area contributed by atoms with Crippen LogP contribution in [0.3, 0.4) is 0 Å². The van der Waals surface area contributed by atoms with Crippen molar-refractivity contribution in [3.8, 4) is 5.75 Å². The molecule has 3 aromatic rings. The molecule has 0 saturated carbocycles. The Morgan fingerprint density at radius 1 is 1.10 bits per heavy atom. The summed E-state index contributed by atoms with van der Waals surface area (Å²) in [5, 5.41) is 1.06. The van der Waals surface area contributed by atoms with E-state index in [1.807, 2.05) is 0 Å². The van der Waals surface area contributed by atoms with Crippen LogP contribution in [0, 0.1) is 5.92 Å². The van der Waals surface area contributed by atoms with E-state index in [0.717, 1.165) is 30.6 Å². The number of rotatable bonds is 10. The number of halogens is 2. The summed E-state index contributed by atoms with van der Waals surface area (Å²) in [6.07, 6.45) is 1.71. The number of piperidine rings is 1. The first kappa shape index (κ1) is 31.6. The number of anilines is 1. The highest BCUT2D eigenvalue weighted by Crippen LogP contribution is 2.39. The zero-order chi connectivity index (χ0) is 27.4. The molecule has 0 atom stereocenters. The molecule has 0 unspecified atom stereocenters. The van der Waals surface area contributed by atoms with E-state index in [1.165, 1.54) is 23.5 Å². The maximum absolute atomic E-state index is 13.8. The number of aromatic nitrogens is 1. The zero-order valence-corrected chi connectivity index (χ0v) is 25.9. The van der Waals surface area contributed by atoms with Gasteiger partial charge in [0.05, 0.1) is 21.7 Å². The fourth-order valence-corrected chi connectivity index (χ4v) is 7.34. The molecular formula is C27H36Cl2N4O4S2. The second-order valence-electron chi connectivity index (χ2n) is 9.52. The molecule has 2 aromatic carbocycles. The van der Waals surface area contributed by atoms with Crippen molar-refractivity contribution in [1.82, 2.24) is 14.2 Å². The number of carbonyl (C=O) groups is 1. The number of hydrogen-bond acceptors (Lipinski definition) is 7. The first-order chi connectivity index (χ1) is 18.2. The summed E-state index contributed by atoms with van der Waals surface area (Å²) in [5.41, 5.74) is 1.01. The molecule has 4 rings (SSSR count). The van der Waals surface area contributed by atoms with Crippen molar-refractivity contribution in [2.75, 3.05) is 51.3 Å². The first-order valence-corrected chi connectivity index (χ1v) is 15.6. The molecular weight excluding hydrogens is 579 g/mol. The number of ether oxygens (including phenoxy) is 1. The summed E-state index contributed by atoms with van der Waals surface area (Å²) < 4.78 is 34.1. The largest absolute Gasteiger partial charge is 0.494 e. The number of benzene rings is 2. The number of sulfonamides is 1. The van der Waals surface area contributed by atoms with Gasteiger partial charge in [-0.2, -0.15) is 4.31 Å². The standard InChI is InChI=1S/C27H35ClN4O4S2.ClH/c1-5-30(6-2)17-18-32(27-29-24-23(36-4)12-11-22(28)25(24)37-27)26(33)20-7-9-21(10-8-20)38(34,35)31-15-13-19(3)14-16-31;/h7-12,19H,5-6,13-18H2,1-4H3;1H. The van der Waals surface area contributed by atoms with E-state index >= 15 is 0 Å². The van der Waals surface area contributed by atoms with Gasteiger partial charge in [0, 0.05) is 31.7 Å². The van der Waals surface area contributed by atoms with Crippen LogP contribution >= 0.6 is 35.3 Å². The van der Waals surface area contributed by atoms with Gasteiger partial charge in [-0.3, -0.25) is 9.69 Å². The molecule has 0 bridgehead atoms. The Kier molecular flexibility index (Phi) is 11.0. The third-order valence-electron chi connectivity index (χ3n) is 7.16. The second-order valence-corrected chi connectivity index (χ2v) is 12.8. The molecule has 1 aromatic heterocycles. The van der Waals surface area contributed by atoms with E-state index in [2.05, 4.69) is 25.7 Å². The van der Waals surface area contributed by atoms with Gasteiger partial charge in [-0.15, -0.1) is 12.4 Å². The van der Waals surface area contributed by atoms with Gasteiger partial charge in [0.1, 0.15) is 11.3 Å². The van der Waals surface area contributed by atoms with Crippen molar-refractivity contribution in [1.29, 1.82) is 0 Å². The van der Waals surface area contributed by atoms with Crippen LogP contribution in [0.2, 0.25) is 5.02 Å². The summed E-state index contributed by atoms with van der Waals surface area (Å²) >= 11 is 7.79. The quantitative estimate of drug-likeness (QED) is 0.287. The number of carbonyl (C=O) groups excluding carboxylic acids is 1. The van der Waals surface area contributed by atoms with E-state index in [9.17, 15) is 13.2 Å². The molecule has 1 amide bonds. The summed E-state index contributed by atoms with van der Waals surface area (Å²) in [4.78, 5) is 22.6. The molecule has 0 aliphatic carbocycles. The Morgan fingerprint density at radius 3 is 2.33 bits per heavy atom. The topological polar surface area (TPSA) is 83.1 Å². The highest BCUT2D eigenvalue weighted by atomic mass is 35.5. The number of hydrogen-bond donors (Lipinski definition) is 0. The van der Waals surface area contributed by atoms with Gasteiger partial charge in [-0.25, -0.2) is 13.4 Å². The fraction of sp³-hybridized carbons (Fsp3) is 0.481. The van der Waals surface area contributed by atoms with E-state index < -0.39 is 10.0 Å². The Morgan fingerprint density at radius 2 is 1.74 bits per heavy atom. The van der Waals surface area contributed by atoms with Gasteiger partial charge >= 0.3 is 0 Å². The van der Waals surface area contributed by atoms with Crippen molar-refractivity contribution in [3.63, 3.8) is 0 Å². The molecule has 0 radical (unpaired) electrons. The normalized spacial score (nSPS) is 14.9. The minimum absolute atomic E-state index is 0. The van der Waals surface area contributed by atoms with Crippen LogP contribution in [0.4, 0.5) is 5.13 Å². The number of nitrogens with zero attached hydrogens (tertiary/aromatic N) is 4. The van der Waals surface area contributed by atoms with E-state index in [-0.39, 0.29) is 23.2 Å². The van der Waals surface area contributed by atoms with Crippen LogP contribution in [-0.2, 0) is 10.0 Å². The minimum Gasteiger partial charge on any atom is -0.494 e. The SMILES string of the molecule is CCN(CC)CCN(C(=O)c1ccc(S(=O)(=O)N2CCC(C)CC2)cc1)c1nc2c(OC)ccc(Cl)c2s1.Cl. The van der Waals surface area contributed by atoms with Gasteiger partial charge < -0.3 is 9.64 Å². The minimum atomic E-state index is -3.60. The Balaban J connectivity index is 0.00000420. The maximum Gasteiger partial charge on any atom is 0.260 e. The molecule has 0 N–H and O–H groups in total. The summed E-state index contributed by atoms with van der Waals surface area (Å²) in [5.74, 6) is 0.868. The predicted octanol–water partition coefficient (Wildman–Crippen LogP) is 5.79. The smallest absolute Gasteiger partial charge is 0.260 e. The lowest BCUT2D eigenvalue weighted by Gasteiger charge is -2.29. The molecule has 1 saturated heterocycles. The number of likely N-dealkylation sites (N-methyl/N-ethyl adjacent to an activating group) is 1. The van der Waals surface area contributed by atoms with E-state index in [0.29, 0.717) is 59.1 Å². The average Bonchev–Trinajstić information content (AvgIpc) is 3.37. The van der Waals surface area contributed by atoms with Crippen LogP contribution < -0.4 is 9.64 Å². The lowest BCUT2D eigenvalue weighted by Crippen LogP contribution is -2.39. The molecule has 1 aliphatic heterocycles. The number of thiazole rings is 1. The van der Waals surface area contributed by atoms with Crippen molar-refractivity contribution >= 4 is 66.6 Å². The number of amides is 1. The summed E-state index contributed by atoms with van der Waals surface area (Å²) in [6, 6.07) is 9.76. The third-order valence-corrected chi connectivity index (χ3v) is 10.6. The Bertz CT molecular complexity index is 1370. The van der Waals surface area contributed by atoms with Crippen molar-refractivity contribution in [2.24, 2.45) is 5.92 Å². The van der Waals surface area contributed by atoms with E-state index in [1.54, 1.807) is 40.6 Å². The highest BCUT2D eigenvalue weighted by Gasteiger charge is 2.29. The molecule has 0 spiro atoms. The van der Waals surface area contributed by atoms with Crippen molar-refractivity contribution < 1.29 is 17.9 Å². The lowest BCUT2D eigenvalue weighted by atomic mass is 10.0. The Labute approximate surface area is 246 Å². The van der Waals surface area contributed by atoms with Crippen LogP contribution in [0.15, 0.2) is 41.3 Å². The van der Waals surface area contributed by atoms with Crippen LogP contribution in [0.1, 0.15) is 44.0 Å². The van der Waals surface area contributed by atoms with Crippen LogP contribution in [0.25, 0.3) is 10.2 Å². The van der Waals surface area contributed by atoms with Crippen LogP contribution in [0.5, 0.6) is 5.75 Å². The second kappa shape index (κ2) is 13.6. The number of methoxy groups -OCH3 is 1. The zero-order valence-electron chi connectivity index (χ0n) is 22.7. The van der Waals surface area contributed by atoms with Gasteiger partial charge in [-0.1, -0.05) is 43.7 Å². The van der Waals surface area contributed by atoms with Gasteiger partial charge in [0.25, 0.3) is 5.91 Å². The van der Waals surface area contributed by atoms with Crippen molar-refractivity contribution in [2.45, 2.75) is 38.5 Å². The Hall–Kier alpha value is -1.95. The maximum atomic E-state index is 13.8. The highest BCUT2D eigenvalue weighted by molar-refractivity contribution is 7.89.